The summed E-state index contributed by atoms with van der Waals surface area (Å²) in [6, 6.07) is 14.2. The van der Waals surface area contributed by atoms with Gasteiger partial charge in [-0.05, 0) is 103 Å². The van der Waals surface area contributed by atoms with Crippen molar-refractivity contribution in [1.29, 1.82) is 0 Å². The molecule has 0 spiro atoms. The molecule has 2 aliphatic carbocycles. The lowest BCUT2D eigenvalue weighted by atomic mass is 9.86. The molecule has 2 aromatic carbocycles. The predicted octanol–water partition coefficient (Wildman–Crippen LogP) is 6.82. The Hall–Kier alpha value is -2.46. The Kier molecular flexibility index (Phi) is 5.43. The molecule has 3 aromatic rings. The highest BCUT2D eigenvalue weighted by atomic mass is 35.5. The molecular formula is C26H26ClFN2O. The van der Waals surface area contributed by atoms with E-state index in [1.54, 1.807) is 24.3 Å². The molecule has 0 aliphatic heterocycles. The number of carbonyl (C=O) groups excluding carboxylic acids is 1. The van der Waals surface area contributed by atoms with E-state index >= 15 is 0 Å². The maximum absolute atomic E-state index is 13.9. The molecule has 2 saturated carbocycles. The monoisotopic (exact) mass is 436 g/mol. The predicted molar refractivity (Wildman–Crippen MR) is 123 cm³/mol. The Morgan fingerprint density at radius 1 is 1.06 bits per heavy atom. The average molecular weight is 437 g/mol. The van der Waals surface area contributed by atoms with E-state index in [1.807, 2.05) is 25.3 Å². The van der Waals surface area contributed by atoms with Crippen molar-refractivity contribution in [2.45, 2.75) is 38.5 Å². The molecule has 1 heterocycles. The summed E-state index contributed by atoms with van der Waals surface area (Å²) in [5.74, 6) is 1.99. The van der Waals surface area contributed by atoms with Crippen LogP contribution in [0.25, 0.3) is 10.9 Å². The molecule has 3 nitrogen and oxygen atoms in total. The topological polar surface area (TPSA) is 42.0 Å². The van der Waals surface area contributed by atoms with Crippen LogP contribution in [-0.2, 0) is 4.79 Å². The average Bonchev–Trinajstić information content (AvgIpc) is 3.33. The van der Waals surface area contributed by atoms with Crippen molar-refractivity contribution < 1.29 is 9.18 Å². The van der Waals surface area contributed by atoms with E-state index in [-0.39, 0.29) is 17.6 Å². The summed E-state index contributed by atoms with van der Waals surface area (Å²) in [6.45, 7) is 2.05. The number of halogens is 2. The van der Waals surface area contributed by atoms with Gasteiger partial charge in [0.2, 0.25) is 5.91 Å². The van der Waals surface area contributed by atoms with E-state index in [2.05, 4.69) is 16.4 Å². The van der Waals surface area contributed by atoms with E-state index in [0.717, 1.165) is 42.3 Å². The third-order valence-corrected chi connectivity index (χ3v) is 7.71. The van der Waals surface area contributed by atoms with Crippen LogP contribution in [-0.4, -0.2) is 10.9 Å². The molecule has 5 rings (SSSR count). The van der Waals surface area contributed by atoms with Crippen LogP contribution in [0.1, 0.15) is 44.1 Å². The second-order valence-electron chi connectivity index (χ2n) is 9.27. The number of pyridine rings is 1. The second-order valence-corrected chi connectivity index (χ2v) is 9.70. The van der Waals surface area contributed by atoms with Crippen LogP contribution in [0.15, 0.2) is 54.7 Å². The fourth-order valence-corrected chi connectivity index (χ4v) is 5.95. The number of aromatic nitrogens is 1. The van der Waals surface area contributed by atoms with Gasteiger partial charge in [0.05, 0.1) is 5.52 Å². The molecule has 1 N–H and O–H groups in total. The number of carbonyl (C=O) groups is 1. The Bertz CT molecular complexity index is 1100. The van der Waals surface area contributed by atoms with E-state index in [0.29, 0.717) is 28.7 Å². The minimum atomic E-state index is -0.208. The van der Waals surface area contributed by atoms with Gasteiger partial charge in [-0.2, -0.15) is 0 Å². The van der Waals surface area contributed by atoms with E-state index in [4.69, 9.17) is 11.6 Å². The molecule has 5 atom stereocenters. The van der Waals surface area contributed by atoms with Crippen LogP contribution in [0.3, 0.4) is 0 Å². The van der Waals surface area contributed by atoms with Crippen molar-refractivity contribution >= 4 is 34.1 Å². The quantitative estimate of drug-likeness (QED) is 0.487. The van der Waals surface area contributed by atoms with Gasteiger partial charge in [-0.15, -0.1) is 0 Å². The molecule has 5 heteroatoms. The van der Waals surface area contributed by atoms with E-state index in [9.17, 15) is 9.18 Å². The summed E-state index contributed by atoms with van der Waals surface area (Å²) >= 11 is 5.93. The minimum absolute atomic E-state index is 0.0180. The highest BCUT2D eigenvalue weighted by Gasteiger charge is 2.44. The molecule has 0 bridgehead atoms. The van der Waals surface area contributed by atoms with Crippen LogP contribution in [0.2, 0.25) is 5.02 Å². The lowest BCUT2D eigenvalue weighted by Crippen LogP contribution is -2.26. The van der Waals surface area contributed by atoms with Crippen molar-refractivity contribution in [3.05, 3.63) is 71.1 Å². The fourth-order valence-electron chi connectivity index (χ4n) is 5.82. The van der Waals surface area contributed by atoms with Gasteiger partial charge in [-0.3, -0.25) is 9.78 Å². The molecule has 0 radical (unpaired) electrons. The number of nitrogens with zero attached hydrogens (tertiary/aromatic N) is 1. The number of anilines is 1. The first-order valence-electron chi connectivity index (χ1n) is 11.1. The second kappa shape index (κ2) is 8.23. The molecular weight excluding hydrogens is 411 g/mol. The van der Waals surface area contributed by atoms with Gasteiger partial charge in [0.15, 0.2) is 0 Å². The lowest BCUT2D eigenvalue weighted by Gasteiger charge is -2.21. The summed E-state index contributed by atoms with van der Waals surface area (Å²) in [4.78, 5) is 17.2. The number of hydrogen-bond acceptors (Lipinski definition) is 2. The Morgan fingerprint density at radius 2 is 1.77 bits per heavy atom. The van der Waals surface area contributed by atoms with Gasteiger partial charge in [0.25, 0.3) is 0 Å². The Balaban J connectivity index is 1.24. The van der Waals surface area contributed by atoms with Crippen LogP contribution in [0, 0.1) is 29.5 Å². The fraction of sp³-hybridized carbons (Fsp3) is 0.385. The van der Waals surface area contributed by atoms with Crippen molar-refractivity contribution in [3.8, 4) is 0 Å². The molecule has 0 saturated heterocycles. The zero-order chi connectivity index (χ0) is 21.5. The largest absolute Gasteiger partial charge is 0.326 e. The number of hydrogen-bond donors (Lipinski definition) is 1. The van der Waals surface area contributed by atoms with E-state index in [1.165, 1.54) is 11.6 Å². The first-order chi connectivity index (χ1) is 15.0. The smallest absolute Gasteiger partial charge is 0.227 e. The summed E-state index contributed by atoms with van der Waals surface area (Å²) in [5, 5.41) is 4.64. The third kappa shape index (κ3) is 4.06. The van der Waals surface area contributed by atoms with Crippen LogP contribution in [0.4, 0.5) is 10.1 Å². The van der Waals surface area contributed by atoms with Crippen molar-refractivity contribution in [3.63, 3.8) is 0 Å². The van der Waals surface area contributed by atoms with Gasteiger partial charge >= 0.3 is 0 Å². The molecule has 1 amide bonds. The number of nitrogens with one attached hydrogen (secondary N) is 1. The normalized spacial score (nSPS) is 26.0. The zero-order valence-electron chi connectivity index (χ0n) is 17.5. The third-order valence-electron chi connectivity index (χ3n) is 7.46. The van der Waals surface area contributed by atoms with E-state index < -0.39 is 0 Å². The first-order valence-corrected chi connectivity index (χ1v) is 11.5. The number of benzene rings is 2. The number of rotatable bonds is 4. The Morgan fingerprint density at radius 3 is 2.48 bits per heavy atom. The van der Waals surface area contributed by atoms with Gasteiger partial charge < -0.3 is 5.32 Å². The minimum Gasteiger partial charge on any atom is -0.326 e. The standard InChI is InChI=1S/C26H26ClFN2O/c1-15(26(31)30-22-5-2-20(27)3-6-22)16-10-17-12-19(13-18(17)11-16)23-8-9-29-25-7-4-21(28)14-24(23)25/h2-9,14-19H,10-13H2,1H3,(H,30,31)/t15?,16-,17-,18?,19+/m0/s1. The maximum atomic E-state index is 13.9. The maximum Gasteiger partial charge on any atom is 0.227 e. The van der Waals surface area contributed by atoms with Crippen molar-refractivity contribution in [2.24, 2.45) is 23.7 Å². The summed E-state index contributed by atoms with van der Waals surface area (Å²) in [7, 11) is 0. The number of fused-ring (bicyclic) bond motifs is 2. The zero-order valence-corrected chi connectivity index (χ0v) is 18.3. The molecule has 2 fully saturated rings. The van der Waals surface area contributed by atoms with Gasteiger partial charge in [-0.1, -0.05) is 18.5 Å². The summed E-state index contributed by atoms with van der Waals surface area (Å²) in [6.07, 6.45) is 6.25. The van der Waals surface area contributed by atoms with Gasteiger partial charge in [-0.25, -0.2) is 4.39 Å². The van der Waals surface area contributed by atoms with Crippen molar-refractivity contribution in [2.75, 3.05) is 5.32 Å². The van der Waals surface area contributed by atoms with Crippen LogP contribution >= 0.6 is 11.6 Å². The van der Waals surface area contributed by atoms with Gasteiger partial charge in [0, 0.05) is 28.2 Å². The Labute approximate surface area is 187 Å². The molecule has 160 valence electrons. The molecule has 1 aromatic heterocycles. The first kappa shape index (κ1) is 20.4. The van der Waals surface area contributed by atoms with Crippen LogP contribution in [0.5, 0.6) is 0 Å². The highest BCUT2D eigenvalue weighted by Crippen LogP contribution is 2.54. The molecule has 2 aliphatic rings. The highest BCUT2D eigenvalue weighted by molar-refractivity contribution is 6.30. The SMILES string of the molecule is CC(C(=O)Nc1ccc(Cl)cc1)[C@@H]1CC2C[C@H](c3ccnc4ccc(F)cc34)C[C@@H]2C1. The lowest BCUT2D eigenvalue weighted by molar-refractivity contribution is -0.120. The molecule has 31 heavy (non-hydrogen) atoms. The summed E-state index contributed by atoms with van der Waals surface area (Å²) in [5.41, 5.74) is 2.88. The summed E-state index contributed by atoms with van der Waals surface area (Å²) < 4.78 is 13.9. The van der Waals surface area contributed by atoms with Gasteiger partial charge in [0.1, 0.15) is 5.82 Å². The molecule has 2 unspecified atom stereocenters. The van der Waals surface area contributed by atoms with Crippen molar-refractivity contribution in [1.82, 2.24) is 4.98 Å². The number of amides is 1. The van der Waals surface area contributed by atoms with Crippen LogP contribution < -0.4 is 5.32 Å².